The van der Waals surface area contributed by atoms with Gasteiger partial charge >= 0.3 is 0 Å². The fraction of sp³-hybridized carbons (Fsp3) is 0.0500. The second kappa shape index (κ2) is 6.13. The van der Waals surface area contributed by atoms with E-state index < -0.39 is 0 Å². The number of nitrogens with zero attached hydrogens (tertiary/aromatic N) is 1. The Bertz CT molecular complexity index is 878. The molecule has 0 unspecified atom stereocenters. The molecular formula is C20H15BrN2O. The van der Waals surface area contributed by atoms with Crippen LogP contribution in [0.15, 0.2) is 83.3 Å². The lowest BCUT2D eigenvalue weighted by atomic mass is 9.93. The monoisotopic (exact) mass is 378 g/mol. The van der Waals surface area contributed by atoms with Crippen LogP contribution in [0.5, 0.6) is 0 Å². The summed E-state index contributed by atoms with van der Waals surface area (Å²) in [6.07, 6.45) is 0. The van der Waals surface area contributed by atoms with E-state index in [9.17, 15) is 4.79 Å². The third kappa shape index (κ3) is 2.59. The average Bonchev–Trinajstić information content (AvgIpc) is 2.90. The second-order valence-electron chi connectivity index (χ2n) is 5.69. The van der Waals surface area contributed by atoms with Gasteiger partial charge in [0.15, 0.2) is 0 Å². The van der Waals surface area contributed by atoms with Crippen molar-refractivity contribution in [3.63, 3.8) is 0 Å². The van der Waals surface area contributed by atoms with Gasteiger partial charge in [-0.1, -0.05) is 64.5 Å². The van der Waals surface area contributed by atoms with Crippen LogP contribution in [0.4, 0.5) is 11.4 Å². The minimum absolute atomic E-state index is 0.0327. The van der Waals surface area contributed by atoms with Crippen molar-refractivity contribution in [1.82, 2.24) is 0 Å². The maximum atomic E-state index is 13.1. The topological polar surface area (TPSA) is 32.3 Å². The van der Waals surface area contributed by atoms with Gasteiger partial charge in [-0.05, 0) is 41.5 Å². The molecule has 4 rings (SSSR count). The smallest absolute Gasteiger partial charge is 0.257 e. The first-order valence-corrected chi connectivity index (χ1v) is 8.53. The Morgan fingerprint density at radius 1 is 0.833 bits per heavy atom. The molecule has 3 aromatic rings. The number of nitrogens with one attached hydrogen (secondary N) is 1. The fourth-order valence-corrected chi connectivity index (χ4v) is 3.32. The number of rotatable bonds is 3. The van der Waals surface area contributed by atoms with Crippen molar-refractivity contribution in [2.75, 3.05) is 10.4 Å². The predicted molar refractivity (Wildman–Crippen MR) is 100.0 cm³/mol. The van der Waals surface area contributed by atoms with E-state index in [4.69, 9.17) is 0 Å². The van der Waals surface area contributed by atoms with Crippen molar-refractivity contribution in [3.05, 3.63) is 94.5 Å². The van der Waals surface area contributed by atoms with Crippen molar-refractivity contribution in [2.45, 2.75) is 5.92 Å². The first-order valence-electron chi connectivity index (χ1n) is 7.74. The molecule has 0 radical (unpaired) electrons. The van der Waals surface area contributed by atoms with E-state index in [0.717, 1.165) is 27.0 Å². The molecule has 0 aromatic heterocycles. The zero-order valence-corrected chi connectivity index (χ0v) is 14.4. The number of amides is 1. The lowest BCUT2D eigenvalue weighted by molar-refractivity contribution is -0.118. The predicted octanol–water partition coefficient (Wildman–Crippen LogP) is 4.95. The molecule has 1 atom stereocenters. The molecule has 1 N–H and O–H groups in total. The number of fused-ring (bicyclic) bond motifs is 1. The second-order valence-corrected chi connectivity index (χ2v) is 6.61. The molecule has 0 saturated carbocycles. The van der Waals surface area contributed by atoms with Crippen LogP contribution in [0.1, 0.15) is 17.0 Å². The molecule has 3 nitrogen and oxygen atoms in total. The van der Waals surface area contributed by atoms with Gasteiger partial charge in [0.05, 0.1) is 17.3 Å². The van der Waals surface area contributed by atoms with Gasteiger partial charge in [-0.15, -0.1) is 0 Å². The van der Waals surface area contributed by atoms with E-state index in [2.05, 4.69) is 21.4 Å². The van der Waals surface area contributed by atoms with E-state index >= 15 is 0 Å². The van der Waals surface area contributed by atoms with Gasteiger partial charge in [-0.25, -0.2) is 5.01 Å². The van der Waals surface area contributed by atoms with Crippen molar-refractivity contribution in [3.8, 4) is 0 Å². The molecule has 24 heavy (non-hydrogen) atoms. The molecule has 0 fully saturated rings. The Labute approximate surface area is 149 Å². The van der Waals surface area contributed by atoms with E-state index in [1.807, 2.05) is 78.9 Å². The Hall–Kier alpha value is -2.59. The standard InChI is InChI=1S/C20H15BrN2O/c21-15-10-12-16(13-11-15)22-23-18-9-5-4-8-17(18)19(20(23)24)14-6-2-1-3-7-14/h1-13,19,22H/t19-/m0/s1. The summed E-state index contributed by atoms with van der Waals surface area (Å²) in [5, 5.41) is 1.65. The zero-order chi connectivity index (χ0) is 16.5. The van der Waals surface area contributed by atoms with Crippen LogP contribution in [-0.4, -0.2) is 5.91 Å². The van der Waals surface area contributed by atoms with Gasteiger partial charge in [0.2, 0.25) is 0 Å². The van der Waals surface area contributed by atoms with Gasteiger partial charge in [-0.3, -0.25) is 10.2 Å². The summed E-state index contributed by atoms with van der Waals surface area (Å²) in [5.74, 6) is -0.240. The minimum atomic E-state index is -0.273. The number of carbonyl (C=O) groups is 1. The normalized spacial score (nSPS) is 16.1. The summed E-state index contributed by atoms with van der Waals surface area (Å²) in [4.78, 5) is 13.1. The summed E-state index contributed by atoms with van der Waals surface area (Å²) < 4.78 is 1.00. The highest BCUT2D eigenvalue weighted by molar-refractivity contribution is 9.10. The lowest BCUT2D eigenvalue weighted by Crippen LogP contribution is -2.34. The number of benzene rings is 3. The first-order chi connectivity index (χ1) is 11.7. The molecule has 118 valence electrons. The molecule has 1 aliphatic heterocycles. The summed E-state index contributed by atoms with van der Waals surface area (Å²) in [5.41, 5.74) is 7.04. The third-order valence-electron chi connectivity index (χ3n) is 4.17. The molecule has 0 spiro atoms. The molecule has 0 aliphatic carbocycles. The third-order valence-corrected chi connectivity index (χ3v) is 4.70. The number of halogens is 1. The van der Waals surface area contributed by atoms with Crippen molar-refractivity contribution in [2.24, 2.45) is 0 Å². The van der Waals surface area contributed by atoms with Crippen LogP contribution in [-0.2, 0) is 4.79 Å². The lowest BCUT2D eigenvalue weighted by Gasteiger charge is -2.20. The molecule has 3 aromatic carbocycles. The molecule has 0 bridgehead atoms. The number of anilines is 2. The maximum absolute atomic E-state index is 13.1. The highest BCUT2D eigenvalue weighted by Crippen LogP contribution is 2.40. The summed E-state index contributed by atoms with van der Waals surface area (Å²) in [6.45, 7) is 0. The van der Waals surface area contributed by atoms with Crippen molar-refractivity contribution >= 4 is 33.2 Å². The van der Waals surface area contributed by atoms with Crippen LogP contribution < -0.4 is 10.4 Å². The van der Waals surface area contributed by atoms with Crippen LogP contribution >= 0.6 is 15.9 Å². The van der Waals surface area contributed by atoms with Crippen LogP contribution in [0.25, 0.3) is 0 Å². The number of hydrogen-bond acceptors (Lipinski definition) is 2. The quantitative estimate of drug-likeness (QED) is 0.698. The zero-order valence-electron chi connectivity index (χ0n) is 12.8. The van der Waals surface area contributed by atoms with E-state index in [1.165, 1.54) is 0 Å². The van der Waals surface area contributed by atoms with Gasteiger partial charge in [0.1, 0.15) is 0 Å². The molecule has 1 amide bonds. The molecule has 4 heteroatoms. The number of para-hydroxylation sites is 1. The van der Waals surface area contributed by atoms with Crippen molar-refractivity contribution in [1.29, 1.82) is 0 Å². The summed E-state index contributed by atoms with van der Waals surface area (Å²) >= 11 is 3.43. The number of hydrazine groups is 1. The van der Waals surface area contributed by atoms with Gasteiger partial charge < -0.3 is 0 Å². The maximum Gasteiger partial charge on any atom is 0.257 e. The largest absolute Gasteiger partial charge is 0.291 e. The molecule has 1 aliphatic rings. The van der Waals surface area contributed by atoms with Gasteiger partial charge in [-0.2, -0.15) is 0 Å². The van der Waals surface area contributed by atoms with Crippen molar-refractivity contribution < 1.29 is 4.79 Å². The average molecular weight is 379 g/mol. The number of hydrogen-bond donors (Lipinski definition) is 1. The summed E-state index contributed by atoms with van der Waals surface area (Å²) in [7, 11) is 0. The highest BCUT2D eigenvalue weighted by atomic mass is 79.9. The Balaban J connectivity index is 1.74. The SMILES string of the molecule is O=C1[C@@H](c2ccccc2)c2ccccc2N1Nc1ccc(Br)cc1. The van der Waals surface area contributed by atoms with E-state index in [1.54, 1.807) is 5.01 Å². The van der Waals surface area contributed by atoms with Crippen LogP contribution in [0.2, 0.25) is 0 Å². The molecule has 0 saturated heterocycles. The molecular weight excluding hydrogens is 364 g/mol. The van der Waals surface area contributed by atoms with Gasteiger partial charge in [0.25, 0.3) is 5.91 Å². The summed E-state index contributed by atoms with van der Waals surface area (Å²) in [6, 6.07) is 25.6. The minimum Gasteiger partial charge on any atom is -0.291 e. The Morgan fingerprint density at radius 3 is 2.25 bits per heavy atom. The van der Waals surface area contributed by atoms with E-state index in [0.29, 0.717) is 0 Å². The highest BCUT2D eigenvalue weighted by Gasteiger charge is 2.38. The Morgan fingerprint density at radius 2 is 1.50 bits per heavy atom. The van der Waals surface area contributed by atoms with E-state index in [-0.39, 0.29) is 11.8 Å². The Kier molecular flexibility index (Phi) is 3.82. The first kappa shape index (κ1) is 15.0. The molecule has 1 heterocycles. The number of carbonyl (C=O) groups excluding carboxylic acids is 1. The van der Waals surface area contributed by atoms with Crippen LogP contribution in [0, 0.1) is 0 Å². The van der Waals surface area contributed by atoms with Gasteiger partial charge in [0, 0.05) is 4.47 Å². The fourth-order valence-electron chi connectivity index (χ4n) is 3.05. The van der Waals surface area contributed by atoms with Crippen LogP contribution in [0.3, 0.4) is 0 Å².